The molecule has 6 nitrogen and oxygen atoms in total. The summed E-state index contributed by atoms with van der Waals surface area (Å²) in [6.07, 6.45) is 11.2. The van der Waals surface area contributed by atoms with E-state index in [2.05, 4.69) is 20.5 Å². The van der Waals surface area contributed by atoms with Crippen molar-refractivity contribution in [1.82, 2.24) is 19.7 Å². The SMILES string of the molecule is CC(CC1CCCC1)C(=O)Nc1cncc(-c2nncn2C)c1. The van der Waals surface area contributed by atoms with E-state index in [4.69, 9.17) is 0 Å². The van der Waals surface area contributed by atoms with Gasteiger partial charge in [0.2, 0.25) is 5.91 Å². The Labute approximate surface area is 136 Å². The standard InChI is InChI=1S/C17H23N5O/c1-12(7-13-5-3-4-6-13)17(23)20-15-8-14(9-18-10-15)16-21-19-11-22(16)2/h8-13H,3-7H2,1-2H3,(H,20,23). The first-order valence-electron chi connectivity index (χ1n) is 8.24. The lowest BCUT2D eigenvalue weighted by atomic mass is 9.94. The molecule has 1 fully saturated rings. The molecule has 1 saturated carbocycles. The number of pyridine rings is 1. The number of amides is 1. The first-order chi connectivity index (χ1) is 11.1. The first kappa shape index (κ1) is 15.6. The van der Waals surface area contributed by atoms with Crippen LogP contribution in [0.3, 0.4) is 0 Å². The summed E-state index contributed by atoms with van der Waals surface area (Å²) in [5.41, 5.74) is 1.54. The zero-order chi connectivity index (χ0) is 16.2. The number of rotatable bonds is 5. The molecule has 1 aliphatic carbocycles. The number of hydrogen-bond acceptors (Lipinski definition) is 4. The summed E-state index contributed by atoms with van der Waals surface area (Å²) in [4.78, 5) is 16.6. The van der Waals surface area contributed by atoms with Crippen LogP contribution < -0.4 is 5.32 Å². The van der Waals surface area contributed by atoms with Crippen molar-refractivity contribution >= 4 is 11.6 Å². The van der Waals surface area contributed by atoms with Crippen molar-refractivity contribution < 1.29 is 4.79 Å². The summed E-state index contributed by atoms with van der Waals surface area (Å²) in [6, 6.07) is 1.89. The predicted octanol–water partition coefficient (Wildman–Crippen LogP) is 3.03. The van der Waals surface area contributed by atoms with Gasteiger partial charge in [0.05, 0.1) is 11.9 Å². The van der Waals surface area contributed by atoms with Gasteiger partial charge in [-0.1, -0.05) is 32.6 Å². The summed E-state index contributed by atoms with van der Waals surface area (Å²) in [7, 11) is 1.88. The van der Waals surface area contributed by atoms with Gasteiger partial charge >= 0.3 is 0 Å². The molecule has 0 saturated heterocycles. The zero-order valence-electron chi connectivity index (χ0n) is 13.7. The summed E-state index contributed by atoms with van der Waals surface area (Å²) in [5, 5.41) is 10.9. The van der Waals surface area contributed by atoms with Gasteiger partial charge in [-0.05, 0) is 18.4 Å². The van der Waals surface area contributed by atoms with Crippen molar-refractivity contribution in [3.63, 3.8) is 0 Å². The third-order valence-corrected chi connectivity index (χ3v) is 4.58. The van der Waals surface area contributed by atoms with E-state index in [9.17, 15) is 4.79 Å². The third kappa shape index (κ3) is 3.75. The molecule has 1 amide bonds. The average Bonchev–Trinajstić information content (AvgIpc) is 3.19. The molecule has 1 aliphatic rings. The maximum Gasteiger partial charge on any atom is 0.227 e. The molecule has 122 valence electrons. The van der Waals surface area contributed by atoms with Crippen LogP contribution in [0.2, 0.25) is 0 Å². The van der Waals surface area contributed by atoms with E-state index < -0.39 is 0 Å². The normalized spacial score (nSPS) is 16.4. The van der Waals surface area contributed by atoms with Gasteiger partial charge < -0.3 is 9.88 Å². The van der Waals surface area contributed by atoms with Crippen LogP contribution in [0.5, 0.6) is 0 Å². The minimum absolute atomic E-state index is 0.0246. The first-order valence-corrected chi connectivity index (χ1v) is 8.24. The molecule has 1 unspecified atom stereocenters. The van der Waals surface area contributed by atoms with E-state index in [1.165, 1.54) is 25.7 Å². The molecule has 0 radical (unpaired) electrons. The Morgan fingerprint density at radius 1 is 1.39 bits per heavy atom. The van der Waals surface area contributed by atoms with Gasteiger partial charge in [-0.15, -0.1) is 10.2 Å². The number of nitrogens with one attached hydrogen (secondary N) is 1. The van der Waals surface area contributed by atoms with Crippen molar-refractivity contribution in [3.8, 4) is 11.4 Å². The number of carbonyl (C=O) groups excluding carboxylic acids is 1. The maximum absolute atomic E-state index is 12.4. The van der Waals surface area contributed by atoms with E-state index in [0.717, 1.165) is 17.8 Å². The van der Waals surface area contributed by atoms with Crippen molar-refractivity contribution in [1.29, 1.82) is 0 Å². The third-order valence-electron chi connectivity index (χ3n) is 4.58. The largest absolute Gasteiger partial charge is 0.324 e. The van der Waals surface area contributed by atoms with E-state index in [-0.39, 0.29) is 11.8 Å². The number of aromatic nitrogens is 4. The highest BCUT2D eigenvalue weighted by Crippen LogP contribution is 2.30. The molecule has 6 heteroatoms. The van der Waals surface area contributed by atoms with Crippen molar-refractivity contribution in [2.24, 2.45) is 18.9 Å². The molecule has 3 rings (SSSR count). The van der Waals surface area contributed by atoms with Gasteiger partial charge in [-0.3, -0.25) is 9.78 Å². The average molecular weight is 313 g/mol. The van der Waals surface area contributed by atoms with Crippen LogP contribution in [0.25, 0.3) is 11.4 Å². The molecule has 1 N–H and O–H groups in total. The van der Waals surface area contributed by atoms with Gasteiger partial charge in [0.15, 0.2) is 5.82 Å². The summed E-state index contributed by atoms with van der Waals surface area (Å²) < 4.78 is 1.82. The van der Waals surface area contributed by atoms with Crippen LogP contribution in [0.4, 0.5) is 5.69 Å². The fourth-order valence-electron chi connectivity index (χ4n) is 3.29. The molecule has 2 heterocycles. The number of nitrogens with zero attached hydrogens (tertiary/aromatic N) is 4. The van der Waals surface area contributed by atoms with E-state index in [1.807, 2.05) is 24.6 Å². The Kier molecular flexibility index (Phi) is 4.69. The van der Waals surface area contributed by atoms with Crippen LogP contribution in [-0.4, -0.2) is 25.7 Å². The highest BCUT2D eigenvalue weighted by Gasteiger charge is 2.22. The number of aryl methyl sites for hydroxylation is 1. The highest BCUT2D eigenvalue weighted by molar-refractivity contribution is 5.92. The molecule has 2 aromatic heterocycles. The highest BCUT2D eigenvalue weighted by atomic mass is 16.1. The summed E-state index contributed by atoms with van der Waals surface area (Å²) in [5.74, 6) is 1.52. The van der Waals surface area contributed by atoms with Crippen LogP contribution in [0.1, 0.15) is 39.0 Å². The quantitative estimate of drug-likeness (QED) is 0.921. The van der Waals surface area contributed by atoms with Gasteiger partial charge in [-0.25, -0.2) is 0 Å². The van der Waals surface area contributed by atoms with Gasteiger partial charge in [-0.2, -0.15) is 0 Å². The minimum atomic E-state index is 0.0246. The predicted molar refractivity (Wildman–Crippen MR) is 88.6 cm³/mol. The Balaban J connectivity index is 1.65. The van der Waals surface area contributed by atoms with Crippen LogP contribution in [0, 0.1) is 11.8 Å². The lowest BCUT2D eigenvalue weighted by molar-refractivity contribution is -0.119. The second-order valence-corrected chi connectivity index (χ2v) is 6.50. The molecule has 1 atom stereocenters. The lowest BCUT2D eigenvalue weighted by Crippen LogP contribution is -2.22. The van der Waals surface area contributed by atoms with E-state index >= 15 is 0 Å². The summed E-state index contributed by atoms with van der Waals surface area (Å²) >= 11 is 0. The Bertz CT molecular complexity index is 675. The second kappa shape index (κ2) is 6.89. The van der Waals surface area contributed by atoms with Crippen LogP contribution in [0.15, 0.2) is 24.8 Å². The fourth-order valence-corrected chi connectivity index (χ4v) is 3.29. The fraction of sp³-hybridized carbons (Fsp3) is 0.529. The van der Waals surface area contributed by atoms with Crippen molar-refractivity contribution in [2.75, 3.05) is 5.32 Å². The number of anilines is 1. The molecule has 0 aliphatic heterocycles. The van der Waals surface area contributed by atoms with Crippen LogP contribution in [-0.2, 0) is 11.8 Å². The summed E-state index contributed by atoms with van der Waals surface area (Å²) in [6.45, 7) is 2.01. The smallest absolute Gasteiger partial charge is 0.227 e. The Morgan fingerprint density at radius 3 is 2.87 bits per heavy atom. The molecule has 0 bridgehead atoms. The van der Waals surface area contributed by atoms with Crippen molar-refractivity contribution in [2.45, 2.75) is 39.0 Å². The monoisotopic (exact) mass is 313 g/mol. The van der Waals surface area contributed by atoms with Gasteiger partial charge in [0.25, 0.3) is 0 Å². The van der Waals surface area contributed by atoms with E-state index in [0.29, 0.717) is 11.6 Å². The Morgan fingerprint density at radius 2 is 2.17 bits per heavy atom. The van der Waals surface area contributed by atoms with Gasteiger partial charge in [0.1, 0.15) is 6.33 Å². The topological polar surface area (TPSA) is 72.7 Å². The second-order valence-electron chi connectivity index (χ2n) is 6.50. The molecule has 23 heavy (non-hydrogen) atoms. The van der Waals surface area contributed by atoms with Crippen LogP contribution >= 0.6 is 0 Å². The zero-order valence-corrected chi connectivity index (χ0v) is 13.7. The Hall–Kier alpha value is -2.24. The maximum atomic E-state index is 12.4. The number of hydrogen-bond donors (Lipinski definition) is 1. The number of carbonyl (C=O) groups is 1. The molecular formula is C17H23N5O. The molecule has 0 spiro atoms. The van der Waals surface area contributed by atoms with Gasteiger partial charge in [0, 0.05) is 24.7 Å². The molecule has 0 aromatic carbocycles. The lowest BCUT2D eigenvalue weighted by Gasteiger charge is -2.16. The molecule has 2 aromatic rings. The van der Waals surface area contributed by atoms with Crippen molar-refractivity contribution in [3.05, 3.63) is 24.8 Å². The minimum Gasteiger partial charge on any atom is -0.324 e. The van der Waals surface area contributed by atoms with E-state index in [1.54, 1.807) is 18.7 Å². The molecular weight excluding hydrogens is 290 g/mol.